The number of rotatable bonds is 4. The molecule has 1 aliphatic rings. The molecular formula is C11H14BrN3O3. The fraction of sp³-hybridized carbons (Fsp3) is 0.545. The van der Waals surface area contributed by atoms with E-state index in [9.17, 15) is 15.2 Å². The van der Waals surface area contributed by atoms with Crippen molar-refractivity contribution < 1.29 is 10.0 Å². The second kappa shape index (κ2) is 4.81. The molecule has 0 spiro atoms. The molecule has 1 saturated carbocycles. The van der Waals surface area contributed by atoms with Crippen LogP contribution in [0.2, 0.25) is 0 Å². The van der Waals surface area contributed by atoms with E-state index in [4.69, 9.17) is 0 Å². The summed E-state index contributed by atoms with van der Waals surface area (Å²) in [4.78, 5) is 14.4. The third kappa shape index (κ3) is 2.20. The lowest BCUT2D eigenvalue weighted by Gasteiger charge is -2.41. The molecule has 1 aliphatic carbocycles. The van der Waals surface area contributed by atoms with E-state index >= 15 is 0 Å². The molecule has 1 heterocycles. The van der Waals surface area contributed by atoms with E-state index in [1.165, 1.54) is 6.20 Å². The zero-order valence-corrected chi connectivity index (χ0v) is 11.5. The molecule has 98 valence electrons. The van der Waals surface area contributed by atoms with Crippen molar-refractivity contribution >= 4 is 27.4 Å². The van der Waals surface area contributed by atoms with Crippen LogP contribution in [0.25, 0.3) is 0 Å². The number of aliphatic hydroxyl groups excluding tert-OH is 1. The summed E-state index contributed by atoms with van der Waals surface area (Å²) in [6, 6.07) is 0. The van der Waals surface area contributed by atoms with E-state index in [1.54, 1.807) is 6.92 Å². The molecule has 18 heavy (non-hydrogen) atoms. The summed E-state index contributed by atoms with van der Waals surface area (Å²) in [6.07, 6.45) is 4.07. The lowest BCUT2D eigenvalue weighted by Crippen LogP contribution is -2.48. The van der Waals surface area contributed by atoms with Crippen LogP contribution >= 0.6 is 15.9 Å². The predicted molar refractivity (Wildman–Crippen MR) is 70.6 cm³/mol. The summed E-state index contributed by atoms with van der Waals surface area (Å²) in [7, 11) is 0. The zero-order chi connectivity index (χ0) is 13.3. The molecule has 1 aromatic rings. The number of halogens is 1. The minimum absolute atomic E-state index is 0.0147. The lowest BCUT2D eigenvalue weighted by atomic mass is 9.77. The Morgan fingerprint density at radius 3 is 2.78 bits per heavy atom. The Labute approximate surface area is 113 Å². The van der Waals surface area contributed by atoms with Gasteiger partial charge in [-0.1, -0.05) is 0 Å². The number of aromatic nitrogens is 1. The van der Waals surface area contributed by atoms with Crippen molar-refractivity contribution in [1.29, 1.82) is 0 Å². The molecular weight excluding hydrogens is 302 g/mol. The second-order valence-corrected chi connectivity index (χ2v) is 5.40. The first-order valence-corrected chi connectivity index (χ1v) is 6.47. The average molecular weight is 316 g/mol. The fourth-order valence-electron chi connectivity index (χ4n) is 2.02. The fourth-order valence-corrected chi connectivity index (χ4v) is 2.42. The Kier molecular flexibility index (Phi) is 3.54. The van der Waals surface area contributed by atoms with Gasteiger partial charge >= 0.3 is 0 Å². The smallest absolute Gasteiger partial charge is 0.291 e. The van der Waals surface area contributed by atoms with Gasteiger partial charge in [-0.15, -0.1) is 0 Å². The van der Waals surface area contributed by atoms with E-state index in [1.807, 2.05) is 0 Å². The number of nitrogens with zero attached hydrogens (tertiary/aromatic N) is 2. The summed E-state index contributed by atoms with van der Waals surface area (Å²) < 4.78 is 0.580. The van der Waals surface area contributed by atoms with Gasteiger partial charge in [0.05, 0.1) is 21.5 Å². The number of anilines is 1. The third-order valence-electron chi connectivity index (χ3n) is 3.43. The Morgan fingerprint density at radius 2 is 2.33 bits per heavy atom. The molecule has 0 aliphatic heterocycles. The minimum Gasteiger partial charge on any atom is -0.394 e. The standard InChI is InChI=1S/C11H14BrN3O3/c1-7-8(15(17)18)5-13-10(9(7)12)14-11(6-16)3-2-4-11/h5,16H,2-4,6H2,1H3,(H,13,14). The van der Waals surface area contributed by atoms with E-state index in [-0.39, 0.29) is 17.8 Å². The maximum Gasteiger partial charge on any atom is 0.291 e. The van der Waals surface area contributed by atoms with Gasteiger partial charge in [-0.2, -0.15) is 0 Å². The molecule has 6 nitrogen and oxygen atoms in total. The summed E-state index contributed by atoms with van der Waals surface area (Å²) in [5.41, 5.74) is 0.196. The molecule has 0 aromatic carbocycles. The maximum absolute atomic E-state index is 10.8. The monoisotopic (exact) mass is 315 g/mol. The summed E-state index contributed by atoms with van der Waals surface area (Å²) in [5, 5.41) is 23.4. The molecule has 0 bridgehead atoms. The van der Waals surface area contributed by atoms with Crippen molar-refractivity contribution in [2.75, 3.05) is 11.9 Å². The van der Waals surface area contributed by atoms with E-state index in [0.29, 0.717) is 15.9 Å². The molecule has 0 amide bonds. The highest BCUT2D eigenvalue weighted by Crippen LogP contribution is 2.38. The molecule has 0 saturated heterocycles. The van der Waals surface area contributed by atoms with Crippen molar-refractivity contribution in [1.82, 2.24) is 4.98 Å². The van der Waals surface area contributed by atoms with Crippen LogP contribution in [0.4, 0.5) is 11.5 Å². The van der Waals surface area contributed by atoms with Crippen LogP contribution in [0.15, 0.2) is 10.7 Å². The molecule has 0 atom stereocenters. The van der Waals surface area contributed by atoms with Crippen LogP contribution in [-0.2, 0) is 0 Å². The molecule has 7 heteroatoms. The number of nitro groups is 1. The van der Waals surface area contributed by atoms with Crippen molar-refractivity contribution in [2.24, 2.45) is 0 Å². The zero-order valence-electron chi connectivity index (χ0n) is 9.94. The van der Waals surface area contributed by atoms with Gasteiger partial charge in [-0.25, -0.2) is 4.98 Å². The van der Waals surface area contributed by atoms with Gasteiger partial charge < -0.3 is 10.4 Å². The van der Waals surface area contributed by atoms with Crippen LogP contribution in [0, 0.1) is 17.0 Å². The van der Waals surface area contributed by atoms with Crippen molar-refractivity contribution in [3.05, 3.63) is 26.3 Å². The summed E-state index contributed by atoms with van der Waals surface area (Å²) >= 11 is 3.32. The van der Waals surface area contributed by atoms with Crippen LogP contribution in [-0.4, -0.2) is 27.2 Å². The Morgan fingerprint density at radius 1 is 1.67 bits per heavy atom. The normalized spacial score (nSPS) is 17.1. The molecule has 0 unspecified atom stereocenters. The quantitative estimate of drug-likeness (QED) is 0.658. The number of aliphatic hydroxyl groups is 1. The van der Waals surface area contributed by atoms with Gasteiger partial charge in [0.25, 0.3) is 5.69 Å². The third-order valence-corrected chi connectivity index (χ3v) is 4.40. The first-order chi connectivity index (χ1) is 8.49. The first kappa shape index (κ1) is 13.2. The van der Waals surface area contributed by atoms with Crippen molar-refractivity contribution in [2.45, 2.75) is 31.7 Å². The first-order valence-electron chi connectivity index (χ1n) is 5.68. The van der Waals surface area contributed by atoms with Gasteiger partial charge in [-0.05, 0) is 42.1 Å². The molecule has 2 N–H and O–H groups in total. The second-order valence-electron chi connectivity index (χ2n) is 4.61. The van der Waals surface area contributed by atoms with Crippen LogP contribution in [0.5, 0.6) is 0 Å². The molecule has 0 radical (unpaired) electrons. The number of nitrogens with one attached hydrogen (secondary N) is 1. The highest BCUT2D eigenvalue weighted by molar-refractivity contribution is 9.10. The van der Waals surface area contributed by atoms with E-state index in [2.05, 4.69) is 26.2 Å². The number of hydrogen-bond donors (Lipinski definition) is 2. The van der Waals surface area contributed by atoms with Crippen LogP contribution in [0.1, 0.15) is 24.8 Å². The molecule has 1 aromatic heterocycles. The summed E-state index contributed by atoms with van der Waals surface area (Å²) in [5.74, 6) is 0.548. The maximum atomic E-state index is 10.8. The van der Waals surface area contributed by atoms with E-state index in [0.717, 1.165) is 19.3 Å². The lowest BCUT2D eigenvalue weighted by molar-refractivity contribution is -0.385. The highest BCUT2D eigenvalue weighted by Gasteiger charge is 2.37. The average Bonchev–Trinajstić information content (AvgIpc) is 2.28. The predicted octanol–water partition coefficient (Wildman–Crippen LogP) is 2.39. The SMILES string of the molecule is Cc1c([N+](=O)[O-])cnc(NC2(CO)CCC2)c1Br. The minimum atomic E-state index is -0.456. The van der Waals surface area contributed by atoms with Crippen LogP contribution < -0.4 is 5.32 Å². The van der Waals surface area contributed by atoms with Gasteiger partial charge in [-0.3, -0.25) is 10.1 Å². The summed E-state index contributed by atoms with van der Waals surface area (Å²) in [6.45, 7) is 1.71. The largest absolute Gasteiger partial charge is 0.394 e. The molecule has 1 fully saturated rings. The van der Waals surface area contributed by atoms with Gasteiger partial charge in [0.15, 0.2) is 0 Å². The Hall–Kier alpha value is -1.21. The highest BCUT2D eigenvalue weighted by atomic mass is 79.9. The van der Waals surface area contributed by atoms with Crippen LogP contribution in [0.3, 0.4) is 0 Å². The van der Waals surface area contributed by atoms with Gasteiger partial charge in [0.1, 0.15) is 12.0 Å². The number of pyridine rings is 1. The van der Waals surface area contributed by atoms with Gasteiger partial charge in [0.2, 0.25) is 0 Å². The Balaban J connectivity index is 2.30. The molecule has 2 rings (SSSR count). The van der Waals surface area contributed by atoms with Crippen molar-refractivity contribution in [3.63, 3.8) is 0 Å². The van der Waals surface area contributed by atoms with Gasteiger partial charge in [0, 0.05) is 5.56 Å². The Bertz CT molecular complexity index is 483. The van der Waals surface area contributed by atoms with E-state index < -0.39 is 4.92 Å². The van der Waals surface area contributed by atoms with Crippen molar-refractivity contribution in [3.8, 4) is 0 Å². The topological polar surface area (TPSA) is 88.3 Å². The number of hydrogen-bond acceptors (Lipinski definition) is 5.